The highest BCUT2D eigenvalue weighted by molar-refractivity contribution is 7.91. The molecule has 26 heavy (non-hydrogen) atoms. The van der Waals surface area contributed by atoms with Crippen LogP contribution in [0, 0.1) is 0 Å². The molecule has 0 radical (unpaired) electrons. The van der Waals surface area contributed by atoms with Crippen LogP contribution in [0.1, 0.15) is 18.9 Å². The summed E-state index contributed by atoms with van der Waals surface area (Å²) >= 11 is 0.808. The van der Waals surface area contributed by atoms with Crippen LogP contribution in [-0.2, 0) is 21.4 Å². The standard InChI is InChI=1S/C15H20N4O5S2/c1-5-13(20)16-14-17-18-15(25-14)26(21,22)19(2)9-10-6-7-11(23-3)12(8-10)24-4/h6-8H,5,9H2,1-4H3,(H,16,17,20). The van der Waals surface area contributed by atoms with Crippen LogP contribution in [-0.4, -0.2) is 50.1 Å². The molecule has 1 amide bonds. The first kappa shape index (κ1) is 20.1. The minimum atomic E-state index is -3.84. The molecule has 0 saturated carbocycles. The highest BCUT2D eigenvalue weighted by Crippen LogP contribution is 2.29. The summed E-state index contributed by atoms with van der Waals surface area (Å²) in [7, 11) is 0.639. The van der Waals surface area contributed by atoms with E-state index in [1.54, 1.807) is 25.1 Å². The van der Waals surface area contributed by atoms with Crippen LogP contribution in [0.15, 0.2) is 22.5 Å². The normalized spacial score (nSPS) is 11.4. The van der Waals surface area contributed by atoms with Crippen molar-refractivity contribution in [1.29, 1.82) is 0 Å². The van der Waals surface area contributed by atoms with Gasteiger partial charge in [0.25, 0.3) is 10.0 Å². The van der Waals surface area contributed by atoms with Crippen molar-refractivity contribution in [2.75, 3.05) is 26.6 Å². The number of carbonyl (C=O) groups excluding carboxylic acids is 1. The second kappa shape index (κ2) is 8.43. The zero-order valence-electron chi connectivity index (χ0n) is 14.8. The molecule has 9 nitrogen and oxygen atoms in total. The number of sulfonamides is 1. The molecule has 0 aliphatic carbocycles. The number of benzene rings is 1. The summed E-state index contributed by atoms with van der Waals surface area (Å²) in [5.41, 5.74) is 0.720. The van der Waals surface area contributed by atoms with Crippen molar-refractivity contribution in [3.05, 3.63) is 23.8 Å². The molecule has 0 aliphatic heterocycles. The van der Waals surface area contributed by atoms with Gasteiger partial charge in [-0.15, -0.1) is 10.2 Å². The van der Waals surface area contributed by atoms with Gasteiger partial charge in [0.2, 0.25) is 15.4 Å². The number of amides is 1. The van der Waals surface area contributed by atoms with Gasteiger partial charge in [-0.3, -0.25) is 4.79 Å². The molecule has 1 heterocycles. The van der Waals surface area contributed by atoms with Crippen molar-refractivity contribution in [3.8, 4) is 11.5 Å². The second-order valence-corrected chi connectivity index (χ2v) is 8.42. The van der Waals surface area contributed by atoms with E-state index in [2.05, 4.69) is 15.5 Å². The Balaban J connectivity index is 2.17. The van der Waals surface area contributed by atoms with Gasteiger partial charge in [0.05, 0.1) is 14.2 Å². The minimum Gasteiger partial charge on any atom is -0.493 e. The average molecular weight is 400 g/mol. The Kier molecular flexibility index (Phi) is 6.51. The highest BCUT2D eigenvalue weighted by atomic mass is 32.2. The molecule has 0 bridgehead atoms. The van der Waals surface area contributed by atoms with Crippen LogP contribution in [0.25, 0.3) is 0 Å². The van der Waals surface area contributed by atoms with Gasteiger partial charge in [0, 0.05) is 20.0 Å². The lowest BCUT2D eigenvalue weighted by molar-refractivity contribution is -0.115. The van der Waals surface area contributed by atoms with E-state index in [0.717, 1.165) is 21.2 Å². The highest BCUT2D eigenvalue weighted by Gasteiger charge is 2.26. The number of carbonyl (C=O) groups is 1. The lowest BCUT2D eigenvalue weighted by Crippen LogP contribution is -2.26. The SMILES string of the molecule is CCC(=O)Nc1nnc(S(=O)(=O)N(C)Cc2ccc(OC)c(OC)c2)s1. The molecule has 11 heteroatoms. The molecule has 1 aromatic carbocycles. The zero-order valence-corrected chi connectivity index (χ0v) is 16.5. The first-order chi connectivity index (χ1) is 12.3. The first-order valence-electron chi connectivity index (χ1n) is 7.62. The number of ether oxygens (including phenoxy) is 2. The molecule has 2 aromatic rings. The van der Waals surface area contributed by atoms with E-state index in [4.69, 9.17) is 9.47 Å². The number of aromatic nitrogens is 2. The fraction of sp³-hybridized carbons (Fsp3) is 0.400. The molecule has 0 aliphatic rings. The summed E-state index contributed by atoms with van der Waals surface area (Å²) < 4.78 is 36.7. The summed E-state index contributed by atoms with van der Waals surface area (Å²) in [6, 6.07) is 5.16. The molecular formula is C15H20N4O5S2. The predicted octanol–water partition coefficient (Wildman–Crippen LogP) is 1.72. The summed E-state index contributed by atoms with van der Waals surface area (Å²) in [5, 5.41) is 10.0. The summed E-state index contributed by atoms with van der Waals surface area (Å²) in [5.74, 6) is 0.808. The van der Waals surface area contributed by atoms with E-state index in [0.29, 0.717) is 11.5 Å². The number of rotatable bonds is 8. The molecule has 0 saturated heterocycles. The first-order valence-corrected chi connectivity index (χ1v) is 9.88. The van der Waals surface area contributed by atoms with Gasteiger partial charge >= 0.3 is 0 Å². The van der Waals surface area contributed by atoms with Gasteiger partial charge in [-0.2, -0.15) is 4.31 Å². The average Bonchev–Trinajstić information content (AvgIpc) is 3.10. The fourth-order valence-electron chi connectivity index (χ4n) is 2.03. The fourth-order valence-corrected chi connectivity index (χ4v) is 4.29. The monoisotopic (exact) mass is 400 g/mol. The van der Waals surface area contributed by atoms with Crippen molar-refractivity contribution >= 4 is 32.4 Å². The maximum Gasteiger partial charge on any atom is 0.272 e. The minimum absolute atomic E-state index is 0.110. The molecule has 1 N–H and O–H groups in total. The molecule has 2 rings (SSSR count). The third kappa shape index (κ3) is 4.48. The number of hydrogen-bond donors (Lipinski definition) is 1. The van der Waals surface area contributed by atoms with E-state index < -0.39 is 10.0 Å². The van der Waals surface area contributed by atoms with Gasteiger partial charge in [0.15, 0.2) is 11.5 Å². The van der Waals surface area contributed by atoms with Gasteiger partial charge in [-0.1, -0.05) is 24.3 Å². The number of nitrogens with one attached hydrogen (secondary N) is 1. The van der Waals surface area contributed by atoms with Crippen LogP contribution >= 0.6 is 11.3 Å². The molecular weight excluding hydrogens is 380 g/mol. The smallest absolute Gasteiger partial charge is 0.272 e. The van der Waals surface area contributed by atoms with Crippen LogP contribution in [0.5, 0.6) is 11.5 Å². The summed E-state index contributed by atoms with van der Waals surface area (Å²) in [6.45, 7) is 1.80. The van der Waals surface area contributed by atoms with Gasteiger partial charge in [0.1, 0.15) is 0 Å². The number of anilines is 1. The van der Waals surface area contributed by atoms with E-state index in [1.807, 2.05) is 0 Å². The third-order valence-electron chi connectivity index (χ3n) is 3.46. The maximum atomic E-state index is 12.6. The van der Waals surface area contributed by atoms with Crippen LogP contribution in [0.2, 0.25) is 0 Å². The lowest BCUT2D eigenvalue weighted by atomic mass is 10.2. The Bertz CT molecular complexity index is 882. The van der Waals surface area contributed by atoms with Crippen molar-refractivity contribution in [2.45, 2.75) is 24.2 Å². The van der Waals surface area contributed by atoms with Crippen molar-refractivity contribution < 1.29 is 22.7 Å². The van der Waals surface area contributed by atoms with E-state index in [9.17, 15) is 13.2 Å². The molecule has 0 atom stereocenters. The predicted molar refractivity (Wildman–Crippen MR) is 97.0 cm³/mol. The molecule has 0 unspecified atom stereocenters. The maximum absolute atomic E-state index is 12.6. The van der Waals surface area contributed by atoms with Gasteiger partial charge in [-0.25, -0.2) is 8.42 Å². The van der Waals surface area contributed by atoms with Crippen molar-refractivity contribution in [2.24, 2.45) is 0 Å². The quantitative estimate of drug-likeness (QED) is 0.672. The van der Waals surface area contributed by atoms with Gasteiger partial charge in [-0.05, 0) is 17.7 Å². The Morgan fingerprint density at radius 3 is 2.54 bits per heavy atom. The lowest BCUT2D eigenvalue weighted by Gasteiger charge is -2.16. The molecule has 0 spiro atoms. The van der Waals surface area contributed by atoms with Crippen molar-refractivity contribution in [3.63, 3.8) is 0 Å². The molecule has 1 aromatic heterocycles. The summed E-state index contributed by atoms with van der Waals surface area (Å²) in [6.07, 6.45) is 0.265. The Labute approximate surface area is 156 Å². The van der Waals surface area contributed by atoms with Crippen LogP contribution in [0.4, 0.5) is 5.13 Å². The molecule has 142 valence electrons. The second-order valence-electron chi connectivity index (χ2n) is 5.23. The Hall–Kier alpha value is -2.24. The zero-order chi connectivity index (χ0) is 19.3. The number of nitrogens with zero attached hydrogens (tertiary/aromatic N) is 3. The largest absolute Gasteiger partial charge is 0.493 e. The third-order valence-corrected chi connectivity index (χ3v) is 6.45. The summed E-state index contributed by atoms with van der Waals surface area (Å²) in [4.78, 5) is 11.4. The Morgan fingerprint density at radius 2 is 1.92 bits per heavy atom. The van der Waals surface area contributed by atoms with Crippen molar-refractivity contribution in [1.82, 2.24) is 14.5 Å². The Morgan fingerprint density at radius 1 is 1.23 bits per heavy atom. The number of hydrogen-bond acceptors (Lipinski definition) is 8. The van der Waals surface area contributed by atoms with E-state index in [1.165, 1.54) is 21.3 Å². The van der Waals surface area contributed by atoms with E-state index in [-0.39, 0.29) is 28.3 Å². The van der Waals surface area contributed by atoms with Crippen LogP contribution < -0.4 is 14.8 Å². The van der Waals surface area contributed by atoms with Gasteiger partial charge < -0.3 is 14.8 Å². The number of methoxy groups -OCH3 is 2. The van der Waals surface area contributed by atoms with E-state index >= 15 is 0 Å². The topological polar surface area (TPSA) is 111 Å². The van der Waals surface area contributed by atoms with Crippen LogP contribution in [0.3, 0.4) is 0 Å². The molecule has 0 fully saturated rings.